The summed E-state index contributed by atoms with van der Waals surface area (Å²) in [5, 5.41) is 0. The average Bonchev–Trinajstić information content (AvgIpc) is 2.51. The largest absolute Gasteiger partial charge is 0.373 e. The van der Waals surface area contributed by atoms with E-state index in [0.717, 1.165) is 18.4 Å². The minimum atomic E-state index is -0.183. The topological polar surface area (TPSA) is 43.4 Å². The number of ether oxygens (including phenoxy) is 1. The third-order valence-electron chi connectivity index (χ3n) is 6.67. The maximum Gasteiger partial charge on any atom is 0.139 e. The van der Waals surface area contributed by atoms with Gasteiger partial charge in [-0.1, -0.05) is 58.0 Å². The summed E-state index contributed by atoms with van der Waals surface area (Å²) in [6, 6.07) is 10.2. The minimum absolute atomic E-state index is 0.0273. The molecule has 3 fully saturated rings. The van der Waals surface area contributed by atoms with Crippen LogP contribution in [0.15, 0.2) is 30.3 Å². The highest BCUT2D eigenvalue weighted by Gasteiger charge is 2.57. The van der Waals surface area contributed by atoms with E-state index < -0.39 is 0 Å². The summed E-state index contributed by atoms with van der Waals surface area (Å²) in [5.74, 6) is 0.146. The van der Waals surface area contributed by atoms with E-state index in [1.54, 1.807) is 0 Å². The standard InChI is InChI=1S/C23H30O3/c1-22(2)10-15(24)20-17(12-22)26-18-13-23(3,4)11-16(25)21(18)19(20)14-8-6-5-7-9-14/h5-9,17-21H,10-13H2,1-4H3. The van der Waals surface area contributed by atoms with Crippen LogP contribution >= 0.6 is 0 Å². The molecule has 140 valence electrons. The first-order valence-electron chi connectivity index (χ1n) is 9.93. The quantitative estimate of drug-likeness (QED) is 0.743. The van der Waals surface area contributed by atoms with Crippen LogP contribution in [0.3, 0.4) is 0 Å². The number of Topliss-reactive ketones (excluding diaryl/α,β-unsaturated/α-hetero) is 2. The molecule has 1 saturated heterocycles. The number of fused-ring (bicyclic) bond motifs is 2. The lowest BCUT2D eigenvalue weighted by Crippen LogP contribution is -2.58. The van der Waals surface area contributed by atoms with Crippen LogP contribution in [0.1, 0.15) is 64.9 Å². The third-order valence-corrected chi connectivity index (χ3v) is 6.67. The number of hydrogen-bond donors (Lipinski definition) is 0. The summed E-state index contributed by atoms with van der Waals surface area (Å²) in [7, 11) is 0. The van der Waals surface area contributed by atoms with Gasteiger partial charge in [-0.2, -0.15) is 0 Å². The van der Waals surface area contributed by atoms with Gasteiger partial charge in [-0.15, -0.1) is 0 Å². The van der Waals surface area contributed by atoms with Gasteiger partial charge in [-0.3, -0.25) is 9.59 Å². The fourth-order valence-corrected chi connectivity index (χ4v) is 5.75. The van der Waals surface area contributed by atoms with Crippen molar-refractivity contribution in [3.8, 4) is 0 Å². The molecular weight excluding hydrogens is 324 g/mol. The molecule has 2 aliphatic carbocycles. The van der Waals surface area contributed by atoms with Crippen LogP contribution in [0.2, 0.25) is 0 Å². The zero-order valence-electron chi connectivity index (χ0n) is 16.3. The Balaban J connectivity index is 1.79. The monoisotopic (exact) mass is 354 g/mol. The van der Waals surface area contributed by atoms with E-state index in [0.29, 0.717) is 12.8 Å². The average molecular weight is 354 g/mol. The zero-order valence-corrected chi connectivity index (χ0v) is 16.3. The SMILES string of the molecule is CC1(C)CC(=O)C2C(C1)OC1CC(C)(C)CC(=O)C1C2c1ccccc1. The number of rotatable bonds is 1. The van der Waals surface area contributed by atoms with Gasteiger partial charge >= 0.3 is 0 Å². The first kappa shape index (κ1) is 17.9. The number of benzene rings is 1. The van der Waals surface area contributed by atoms with Gasteiger partial charge in [0.1, 0.15) is 11.6 Å². The summed E-state index contributed by atoms with van der Waals surface area (Å²) < 4.78 is 6.52. The maximum absolute atomic E-state index is 13.1. The highest BCUT2D eigenvalue weighted by Crippen LogP contribution is 2.54. The summed E-state index contributed by atoms with van der Waals surface area (Å²) in [5.41, 5.74) is 1.07. The summed E-state index contributed by atoms with van der Waals surface area (Å²) in [4.78, 5) is 26.3. The van der Waals surface area contributed by atoms with Crippen molar-refractivity contribution in [1.82, 2.24) is 0 Å². The highest BCUT2D eigenvalue weighted by atomic mass is 16.5. The van der Waals surface area contributed by atoms with E-state index in [1.165, 1.54) is 0 Å². The lowest BCUT2D eigenvalue weighted by molar-refractivity contribution is -0.186. The van der Waals surface area contributed by atoms with Gasteiger partial charge in [-0.05, 0) is 29.2 Å². The molecule has 4 atom stereocenters. The van der Waals surface area contributed by atoms with Gasteiger partial charge in [0, 0.05) is 18.8 Å². The molecule has 0 bridgehead atoms. The molecule has 0 amide bonds. The third kappa shape index (κ3) is 3.05. The molecule has 4 unspecified atom stereocenters. The Labute approximate surface area is 156 Å². The van der Waals surface area contributed by atoms with Crippen LogP contribution in [0, 0.1) is 22.7 Å². The van der Waals surface area contributed by atoms with Crippen LogP contribution in [-0.2, 0) is 14.3 Å². The molecule has 0 N–H and O–H groups in total. The van der Waals surface area contributed by atoms with Crippen LogP contribution in [-0.4, -0.2) is 23.8 Å². The van der Waals surface area contributed by atoms with Crippen molar-refractivity contribution in [2.45, 2.75) is 71.5 Å². The van der Waals surface area contributed by atoms with E-state index in [-0.39, 0.29) is 52.4 Å². The van der Waals surface area contributed by atoms with Gasteiger partial charge in [0.25, 0.3) is 0 Å². The molecular formula is C23H30O3. The fourth-order valence-electron chi connectivity index (χ4n) is 5.75. The molecule has 1 aromatic carbocycles. The van der Waals surface area contributed by atoms with Crippen molar-refractivity contribution in [2.24, 2.45) is 22.7 Å². The van der Waals surface area contributed by atoms with Crippen molar-refractivity contribution < 1.29 is 14.3 Å². The number of hydrogen-bond acceptors (Lipinski definition) is 3. The lowest BCUT2D eigenvalue weighted by Gasteiger charge is -2.54. The zero-order chi connectivity index (χ0) is 18.7. The van der Waals surface area contributed by atoms with E-state index in [2.05, 4.69) is 39.8 Å². The van der Waals surface area contributed by atoms with E-state index in [4.69, 9.17) is 4.74 Å². The Kier molecular flexibility index (Phi) is 4.15. The second kappa shape index (κ2) is 6.02. The number of ketones is 2. The molecule has 1 aromatic rings. The Morgan fingerprint density at radius 2 is 1.23 bits per heavy atom. The van der Waals surface area contributed by atoms with Crippen molar-refractivity contribution in [3.63, 3.8) is 0 Å². The van der Waals surface area contributed by atoms with Crippen molar-refractivity contribution in [1.29, 1.82) is 0 Å². The Morgan fingerprint density at radius 1 is 0.769 bits per heavy atom. The summed E-state index contributed by atoms with van der Waals surface area (Å²) in [6.45, 7) is 8.63. The number of carbonyl (C=O) groups excluding carboxylic acids is 2. The molecule has 0 spiro atoms. The molecule has 3 aliphatic rings. The number of carbonyl (C=O) groups is 2. The van der Waals surface area contributed by atoms with Crippen molar-refractivity contribution in [2.75, 3.05) is 0 Å². The normalized spacial score (nSPS) is 38.4. The van der Waals surface area contributed by atoms with Gasteiger partial charge < -0.3 is 4.74 Å². The second-order valence-electron chi connectivity index (χ2n) is 10.2. The molecule has 3 nitrogen and oxygen atoms in total. The molecule has 26 heavy (non-hydrogen) atoms. The van der Waals surface area contributed by atoms with Gasteiger partial charge in [0.15, 0.2) is 0 Å². The predicted molar refractivity (Wildman–Crippen MR) is 101 cm³/mol. The summed E-state index contributed by atoms with van der Waals surface area (Å²) >= 11 is 0. The van der Waals surface area contributed by atoms with Gasteiger partial charge in [0.05, 0.1) is 24.0 Å². The molecule has 3 heteroatoms. The van der Waals surface area contributed by atoms with E-state index >= 15 is 0 Å². The van der Waals surface area contributed by atoms with Crippen LogP contribution < -0.4 is 0 Å². The van der Waals surface area contributed by atoms with E-state index in [9.17, 15) is 9.59 Å². The predicted octanol–water partition coefficient (Wildman–Crippen LogP) is 4.55. The fraction of sp³-hybridized carbons (Fsp3) is 0.652. The maximum atomic E-state index is 13.1. The Bertz CT molecular complexity index is 676. The van der Waals surface area contributed by atoms with Gasteiger partial charge in [-0.25, -0.2) is 0 Å². The van der Waals surface area contributed by atoms with Gasteiger partial charge in [0.2, 0.25) is 0 Å². The van der Waals surface area contributed by atoms with Crippen LogP contribution in [0.25, 0.3) is 0 Å². The molecule has 2 saturated carbocycles. The Hall–Kier alpha value is -1.48. The second-order valence-corrected chi connectivity index (χ2v) is 10.2. The minimum Gasteiger partial charge on any atom is -0.373 e. The highest BCUT2D eigenvalue weighted by molar-refractivity contribution is 5.89. The molecule has 0 radical (unpaired) electrons. The van der Waals surface area contributed by atoms with E-state index in [1.807, 2.05) is 18.2 Å². The molecule has 0 aromatic heterocycles. The Morgan fingerprint density at radius 3 is 1.69 bits per heavy atom. The molecule has 1 aliphatic heterocycles. The lowest BCUT2D eigenvalue weighted by atomic mass is 9.56. The smallest absolute Gasteiger partial charge is 0.139 e. The van der Waals surface area contributed by atoms with Crippen LogP contribution in [0.5, 0.6) is 0 Å². The van der Waals surface area contributed by atoms with Crippen molar-refractivity contribution >= 4 is 11.6 Å². The molecule has 1 heterocycles. The molecule has 4 rings (SSSR count). The first-order chi connectivity index (χ1) is 12.2. The summed E-state index contributed by atoms with van der Waals surface area (Å²) in [6.07, 6.45) is 2.81. The van der Waals surface area contributed by atoms with Crippen LogP contribution in [0.4, 0.5) is 0 Å². The first-order valence-corrected chi connectivity index (χ1v) is 9.93. The van der Waals surface area contributed by atoms with Crippen molar-refractivity contribution in [3.05, 3.63) is 35.9 Å².